The second kappa shape index (κ2) is 5.50. The van der Waals surface area contributed by atoms with E-state index >= 15 is 0 Å². The molecule has 2 N–H and O–H groups in total. The van der Waals surface area contributed by atoms with E-state index in [9.17, 15) is 9.59 Å². The third-order valence-electron chi connectivity index (χ3n) is 1.77. The van der Waals surface area contributed by atoms with E-state index in [-0.39, 0.29) is 0 Å². The molecule has 0 heterocycles. The Morgan fingerprint density at radius 2 is 1.12 bits per heavy atom. The highest BCUT2D eigenvalue weighted by Crippen LogP contribution is 2.07. The predicted octanol–water partition coefficient (Wildman–Crippen LogP) is 1.88. The molecule has 0 fully saturated rings. The number of carboxylic acid groups (broad SMARTS) is 2. The molecule has 0 aliphatic rings. The number of carbonyl (C=O) groups is 2. The van der Waals surface area contributed by atoms with Crippen LogP contribution < -0.4 is 0 Å². The number of carboxylic acids is 2. The van der Waals surface area contributed by atoms with E-state index in [2.05, 4.69) is 0 Å². The summed E-state index contributed by atoms with van der Waals surface area (Å²) in [6.45, 7) is 0. The minimum Gasteiger partial charge on any atom is -0.478 e. The smallest absolute Gasteiger partial charge is 0.328 e. The summed E-state index contributed by atoms with van der Waals surface area (Å²) in [5.41, 5.74) is 1.49. The van der Waals surface area contributed by atoms with Crippen LogP contribution in [0.5, 0.6) is 0 Å². The van der Waals surface area contributed by atoms with Crippen molar-refractivity contribution in [3.63, 3.8) is 0 Å². The molecule has 0 aliphatic heterocycles. The molecule has 0 unspecified atom stereocenters. The first-order valence-corrected chi connectivity index (χ1v) is 4.50. The first-order chi connectivity index (χ1) is 7.58. The SMILES string of the molecule is O=C(O)/C=C/c1ccc(/C=C/C(=O)O)cc1. The quantitative estimate of drug-likeness (QED) is 0.756. The molecule has 0 saturated carbocycles. The van der Waals surface area contributed by atoms with Crippen molar-refractivity contribution in [1.82, 2.24) is 0 Å². The van der Waals surface area contributed by atoms with Gasteiger partial charge in [-0.3, -0.25) is 0 Å². The van der Waals surface area contributed by atoms with Crippen LogP contribution in [-0.2, 0) is 9.59 Å². The van der Waals surface area contributed by atoms with Crippen molar-refractivity contribution in [2.45, 2.75) is 0 Å². The first kappa shape index (κ1) is 11.7. The second-order valence-corrected chi connectivity index (χ2v) is 3.01. The largest absolute Gasteiger partial charge is 0.478 e. The highest BCUT2D eigenvalue weighted by molar-refractivity contribution is 5.86. The highest BCUT2D eigenvalue weighted by atomic mass is 16.4. The molecule has 1 rings (SSSR count). The average molecular weight is 218 g/mol. The minimum absolute atomic E-state index is 0.745. The maximum Gasteiger partial charge on any atom is 0.328 e. The van der Waals surface area contributed by atoms with Gasteiger partial charge in [-0.05, 0) is 23.3 Å². The molecule has 0 amide bonds. The Bertz CT molecular complexity index is 398. The van der Waals surface area contributed by atoms with Crippen LogP contribution in [0.25, 0.3) is 12.2 Å². The maximum absolute atomic E-state index is 10.3. The monoisotopic (exact) mass is 218 g/mol. The average Bonchev–Trinajstić information content (AvgIpc) is 2.25. The van der Waals surface area contributed by atoms with Crippen LogP contribution in [-0.4, -0.2) is 22.2 Å². The lowest BCUT2D eigenvalue weighted by Crippen LogP contribution is -1.86. The van der Waals surface area contributed by atoms with Crippen LogP contribution in [0.4, 0.5) is 0 Å². The molecular weight excluding hydrogens is 208 g/mol. The molecule has 0 saturated heterocycles. The number of hydrogen-bond donors (Lipinski definition) is 2. The molecule has 0 aromatic heterocycles. The van der Waals surface area contributed by atoms with E-state index in [0.29, 0.717) is 0 Å². The first-order valence-electron chi connectivity index (χ1n) is 4.50. The van der Waals surface area contributed by atoms with Crippen LogP contribution in [0.1, 0.15) is 11.1 Å². The van der Waals surface area contributed by atoms with E-state index in [4.69, 9.17) is 10.2 Å². The molecule has 0 aliphatic carbocycles. The summed E-state index contributed by atoms with van der Waals surface area (Å²) in [4.78, 5) is 20.5. The standard InChI is InChI=1S/C12H10O4/c13-11(14)7-5-9-1-2-10(4-3-9)6-8-12(15)16/h1-8H,(H,13,14)(H,15,16)/b7-5+,8-6+. The van der Waals surface area contributed by atoms with E-state index in [1.165, 1.54) is 12.2 Å². The van der Waals surface area contributed by atoms with Crippen LogP contribution in [0, 0.1) is 0 Å². The van der Waals surface area contributed by atoms with Gasteiger partial charge in [0, 0.05) is 12.2 Å². The van der Waals surface area contributed by atoms with Gasteiger partial charge < -0.3 is 10.2 Å². The fourth-order valence-corrected chi connectivity index (χ4v) is 1.05. The molecule has 0 bridgehead atoms. The van der Waals surface area contributed by atoms with E-state index in [0.717, 1.165) is 23.3 Å². The summed E-state index contributed by atoms with van der Waals surface area (Å²) in [5.74, 6) is -2.01. The lowest BCUT2D eigenvalue weighted by atomic mass is 10.1. The maximum atomic E-state index is 10.3. The van der Waals surface area contributed by atoms with Crippen LogP contribution >= 0.6 is 0 Å². The molecule has 82 valence electrons. The van der Waals surface area contributed by atoms with Crippen molar-refractivity contribution in [3.05, 3.63) is 47.5 Å². The van der Waals surface area contributed by atoms with Gasteiger partial charge in [-0.15, -0.1) is 0 Å². The van der Waals surface area contributed by atoms with Crippen molar-refractivity contribution in [2.24, 2.45) is 0 Å². The minimum atomic E-state index is -1.00. The van der Waals surface area contributed by atoms with Crippen LogP contribution in [0.15, 0.2) is 36.4 Å². The van der Waals surface area contributed by atoms with Crippen molar-refractivity contribution >= 4 is 24.1 Å². The molecular formula is C12H10O4. The summed E-state index contributed by atoms with van der Waals surface area (Å²) in [6, 6.07) is 6.84. The Balaban J connectivity index is 2.75. The Hall–Kier alpha value is -2.36. The molecule has 0 radical (unpaired) electrons. The summed E-state index contributed by atoms with van der Waals surface area (Å²) in [5, 5.41) is 16.8. The van der Waals surface area contributed by atoms with Gasteiger partial charge in [0.25, 0.3) is 0 Å². The van der Waals surface area contributed by atoms with Gasteiger partial charge in [-0.1, -0.05) is 24.3 Å². The summed E-state index contributed by atoms with van der Waals surface area (Å²) >= 11 is 0. The summed E-state index contributed by atoms with van der Waals surface area (Å²) in [7, 11) is 0. The van der Waals surface area contributed by atoms with Crippen LogP contribution in [0.2, 0.25) is 0 Å². The third kappa shape index (κ3) is 4.23. The van der Waals surface area contributed by atoms with Crippen molar-refractivity contribution in [1.29, 1.82) is 0 Å². The zero-order valence-electron chi connectivity index (χ0n) is 8.33. The van der Waals surface area contributed by atoms with Gasteiger partial charge in [0.15, 0.2) is 0 Å². The summed E-state index contributed by atoms with van der Waals surface area (Å²) < 4.78 is 0. The van der Waals surface area contributed by atoms with E-state index in [1.807, 2.05) is 0 Å². The second-order valence-electron chi connectivity index (χ2n) is 3.01. The van der Waals surface area contributed by atoms with Crippen LogP contribution in [0.3, 0.4) is 0 Å². The summed E-state index contributed by atoms with van der Waals surface area (Å²) in [6.07, 6.45) is 5.02. The van der Waals surface area contributed by atoms with Gasteiger partial charge in [0.05, 0.1) is 0 Å². The molecule has 4 nitrogen and oxygen atoms in total. The van der Waals surface area contributed by atoms with Gasteiger partial charge in [-0.25, -0.2) is 9.59 Å². The van der Waals surface area contributed by atoms with E-state index < -0.39 is 11.9 Å². The zero-order valence-corrected chi connectivity index (χ0v) is 8.33. The molecule has 1 aromatic rings. The normalized spacial score (nSPS) is 11.0. The third-order valence-corrected chi connectivity index (χ3v) is 1.77. The Labute approximate surface area is 92.2 Å². The number of hydrogen-bond acceptors (Lipinski definition) is 2. The van der Waals surface area contributed by atoms with Gasteiger partial charge in [0.2, 0.25) is 0 Å². The molecule has 0 spiro atoms. The predicted molar refractivity (Wildman–Crippen MR) is 59.8 cm³/mol. The number of benzene rings is 1. The molecule has 16 heavy (non-hydrogen) atoms. The van der Waals surface area contributed by atoms with Crippen molar-refractivity contribution in [3.8, 4) is 0 Å². The van der Waals surface area contributed by atoms with E-state index in [1.54, 1.807) is 24.3 Å². The highest BCUT2D eigenvalue weighted by Gasteiger charge is 1.91. The Morgan fingerprint density at radius 1 is 0.812 bits per heavy atom. The number of aliphatic carboxylic acids is 2. The molecule has 1 aromatic carbocycles. The zero-order chi connectivity index (χ0) is 12.0. The lowest BCUT2D eigenvalue weighted by molar-refractivity contribution is -0.132. The number of rotatable bonds is 4. The molecule has 0 atom stereocenters. The Kier molecular flexibility index (Phi) is 4.03. The fraction of sp³-hybridized carbons (Fsp3) is 0. The topological polar surface area (TPSA) is 74.6 Å². The van der Waals surface area contributed by atoms with Gasteiger partial charge >= 0.3 is 11.9 Å². The van der Waals surface area contributed by atoms with Crippen molar-refractivity contribution in [2.75, 3.05) is 0 Å². The lowest BCUT2D eigenvalue weighted by Gasteiger charge is -1.94. The Morgan fingerprint density at radius 3 is 1.38 bits per heavy atom. The van der Waals surface area contributed by atoms with Gasteiger partial charge in [0.1, 0.15) is 0 Å². The van der Waals surface area contributed by atoms with Gasteiger partial charge in [-0.2, -0.15) is 0 Å². The fourth-order valence-electron chi connectivity index (χ4n) is 1.05. The van der Waals surface area contributed by atoms with Crippen molar-refractivity contribution < 1.29 is 19.8 Å². The molecule has 4 heteroatoms.